The highest BCUT2D eigenvalue weighted by molar-refractivity contribution is 7.16. The molecule has 0 radical (unpaired) electrons. The molecule has 1 fully saturated rings. The summed E-state index contributed by atoms with van der Waals surface area (Å²) in [6.45, 7) is 8.59. The van der Waals surface area contributed by atoms with Gasteiger partial charge in [-0.1, -0.05) is 6.92 Å². The normalized spacial score (nSPS) is 18.7. The highest BCUT2D eigenvalue weighted by Gasteiger charge is 2.30. The van der Waals surface area contributed by atoms with Crippen molar-refractivity contribution in [1.29, 1.82) is 0 Å². The van der Waals surface area contributed by atoms with Crippen LogP contribution in [-0.4, -0.2) is 51.9 Å². The van der Waals surface area contributed by atoms with Crippen LogP contribution in [-0.2, 0) is 11.3 Å². The molecule has 0 saturated carbocycles. The van der Waals surface area contributed by atoms with Crippen LogP contribution in [0.3, 0.4) is 0 Å². The summed E-state index contributed by atoms with van der Waals surface area (Å²) < 4.78 is 2.09. The zero-order valence-electron chi connectivity index (χ0n) is 13.9. The van der Waals surface area contributed by atoms with Gasteiger partial charge in [0.2, 0.25) is 5.91 Å². The maximum Gasteiger partial charge on any atom is 0.270 e. The standard InChI is InChI=1S/C17H23N3O2S/c1-4-15(21)20-8-7-18(11-12(20)3)16(22)14-10-13-6-9-23-17(13)19(14)5-2/h6,9-10,12H,4-5,7-8,11H2,1-3H3. The van der Waals surface area contributed by atoms with Gasteiger partial charge in [-0.15, -0.1) is 11.3 Å². The Bertz CT molecular complexity index is 733. The van der Waals surface area contributed by atoms with E-state index in [1.807, 2.05) is 29.7 Å². The molecule has 2 aromatic rings. The molecule has 3 heterocycles. The number of hydrogen-bond donors (Lipinski definition) is 0. The van der Waals surface area contributed by atoms with Gasteiger partial charge in [-0.05, 0) is 31.4 Å². The Hall–Kier alpha value is -1.82. The molecule has 1 aliphatic heterocycles. The molecule has 0 N–H and O–H groups in total. The Balaban J connectivity index is 1.80. The Labute approximate surface area is 140 Å². The van der Waals surface area contributed by atoms with Gasteiger partial charge in [0.1, 0.15) is 10.5 Å². The van der Waals surface area contributed by atoms with Crippen LogP contribution in [0.1, 0.15) is 37.7 Å². The zero-order valence-corrected chi connectivity index (χ0v) is 14.7. The Morgan fingerprint density at radius 1 is 1.30 bits per heavy atom. The largest absolute Gasteiger partial charge is 0.336 e. The van der Waals surface area contributed by atoms with Gasteiger partial charge >= 0.3 is 0 Å². The van der Waals surface area contributed by atoms with Gasteiger partial charge in [0.05, 0.1) is 0 Å². The molecule has 6 heteroatoms. The van der Waals surface area contributed by atoms with Crippen LogP contribution >= 0.6 is 11.3 Å². The minimum atomic E-state index is 0.0747. The van der Waals surface area contributed by atoms with Gasteiger partial charge in [-0.3, -0.25) is 9.59 Å². The molecule has 1 unspecified atom stereocenters. The topological polar surface area (TPSA) is 45.6 Å². The molecule has 1 atom stereocenters. The average molecular weight is 333 g/mol. The number of carbonyl (C=O) groups is 2. The average Bonchev–Trinajstić information content (AvgIpc) is 3.13. The summed E-state index contributed by atoms with van der Waals surface area (Å²) in [5.74, 6) is 0.243. The molecule has 0 aliphatic carbocycles. The van der Waals surface area contributed by atoms with Crippen LogP contribution in [0.15, 0.2) is 17.5 Å². The molecule has 3 rings (SSSR count). The molecule has 2 amide bonds. The number of hydrogen-bond acceptors (Lipinski definition) is 3. The molecule has 5 nitrogen and oxygen atoms in total. The smallest absolute Gasteiger partial charge is 0.270 e. The number of carbonyl (C=O) groups excluding carboxylic acids is 2. The van der Waals surface area contributed by atoms with Crippen LogP contribution in [0.5, 0.6) is 0 Å². The quantitative estimate of drug-likeness (QED) is 0.867. The van der Waals surface area contributed by atoms with Gasteiger partial charge in [0, 0.05) is 44.0 Å². The number of fused-ring (bicyclic) bond motifs is 1. The number of piperazine rings is 1. The monoisotopic (exact) mass is 333 g/mol. The van der Waals surface area contributed by atoms with E-state index < -0.39 is 0 Å². The minimum absolute atomic E-state index is 0.0747. The maximum absolute atomic E-state index is 12.9. The summed E-state index contributed by atoms with van der Waals surface area (Å²) >= 11 is 1.67. The first-order valence-electron chi connectivity index (χ1n) is 8.22. The van der Waals surface area contributed by atoms with E-state index in [0.29, 0.717) is 26.1 Å². The van der Waals surface area contributed by atoms with Crippen LogP contribution in [0.2, 0.25) is 0 Å². The fourth-order valence-corrected chi connectivity index (χ4v) is 4.31. The highest BCUT2D eigenvalue weighted by atomic mass is 32.1. The molecular weight excluding hydrogens is 310 g/mol. The van der Waals surface area contributed by atoms with Crippen molar-refractivity contribution in [2.24, 2.45) is 0 Å². The lowest BCUT2D eigenvalue weighted by Gasteiger charge is -2.39. The predicted octanol–water partition coefficient (Wildman–Crippen LogP) is 2.81. The predicted molar refractivity (Wildman–Crippen MR) is 92.9 cm³/mol. The summed E-state index contributed by atoms with van der Waals surface area (Å²) in [5.41, 5.74) is 0.761. The van der Waals surface area contributed by atoms with Crippen molar-refractivity contribution in [1.82, 2.24) is 14.4 Å². The number of nitrogens with zero attached hydrogens (tertiary/aromatic N) is 3. The fourth-order valence-electron chi connectivity index (χ4n) is 3.34. The van der Waals surface area contributed by atoms with Gasteiger partial charge < -0.3 is 14.4 Å². The van der Waals surface area contributed by atoms with Crippen LogP contribution in [0, 0.1) is 0 Å². The molecule has 23 heavy (non-hydrogen) atoms. The molecule has 2 aromatic heterocycles. The fraction of sp³-hybridized carbons (Fsp3) is 0.529. The number of aromatic nitrogens is 1. The van der Waals surface area contributed by atoms with Gasteiger partial charge in [-0.25, -0.2) is 0 Å². The van der Waals surface area contributed by atoms with E-state index in [1.54, 1.807) is 11.3 Å². The van der Waals surface area contributed by atoms with Gasteiger partial charge in [0.25, 0.3) is 5.91 Å². The molecular formula is C17H23N3O2S. The molecule has 1 aliphatic rings. The lowest BCUT2D eigenvalue weighted by molar-refractivity contribution is -0.134. The number of aryl methyl sites for hydroxylation is 1. The maximum atomic E-state index is 12.9. The van der Waals surface area contributed by atoms with Crippen molar-refractivity contribution in [3.8, 4) is 0 Å². The van der Waals surface area contributed by atoms with Gasteiger partial charge in [0.15, 0.2) is 0 Å². The third-order valence-corrected chi connectivity index (χ3v) is 5.53. The van der Waals surface area contributed by atoms with E-state index >= 15 is 0 Å². The van der Waals surface area contributed by atoms with Gasteiger partial charge in [-0.2, -0.15) is 0 Å². The van der Waals surface area contributed by atoms with E-state index in [2.05, 4.69) is 22.9 Å². The Morgan fingerprint density at radius 2 is 2.09 bits per heavy atom. The molecule has 1 saturated heterocycles. The summed E-state index contributed by atoms with van der Waals surface area (Å²) in [6, 6.07) is 4.13. The first-order chi connectivity index (χ1) is 11.1. The van der Waals surface area contributed by atoms with Crippen LogP contribution in [0.25, 0.3) is 10.2 Å². The Kier molecular flexibility index (Phi) is 4.43. The van der Waals surface area contributed by atoms with Crippen molar-refractivity contribution in [2.45, 2.75) is 39.8 Å². The third kappa shape index (κ3) is 2.76. The van der Waals surface area contributed by atoms with Crippen molar-refractivity contribution >= 4 is 33.4 Å². The second kappa shape index (κ2) is 6.35. The Morgan fingerprint density at radius 3 is 2.74 bits per heavy atom. The molecule has 0 bridgehead atoms. The summed E-state index contributed by atoms with van der Waals surface area (Å²) in [5, 5.41) is 3.19. The number of rotatable bonds is 3. The number of amides is 2. The van der Waals surface area contributed by atoms with Crippen LogP contribution < -0.4 is 0 Å². The lowest BCUT2D eigenvalue weighted by atomic mass is 10.1. The molecule has 0 spiro atoms. The zero-order chi connectivity index (χ0) is 16.6. The van der Waals surface area contributed by atoms with Crippen molar-refractivity contribution < 1.29 is 9.59 Å². The van der Waals surface area contributed by atoms with E-state index in [0.717, 1.165) is 22.5 Å². The van der Waals surface area contributed by atoms with E-state index in [1.165, 1.54) is 0 Å². The van der Waals surface area contributed by atoms with Crippen molar-refractivity contribution in [3.05, 3.63) is 23.2 Å². The van der Waals surface area contributed by atoms with Crippen molar-refractivity contribution in [2.75, 3.05) is 19.6 Å². The second-order valence-electron chi connectivity index (χ2n) is 6.00. The first-order valence-corrected chi connectivity index (χ1v) is 9.10. The molecule has 0 aromatic carbocycles. The third-order valence-electron chi connectivity index (χ3n) is 4.58. The highest BCUT2D eigenvalue weighted by Crippen LogP contribution is 2.26. The SMILES string of the molecule is CCC(=O)N1CCN(C(=O)c2cc3ccsc3n2CC)CC1C. The number of thiophene rings is 1. The first kappa shape index (κ1) is 16.1. The van der Waals surface area contributed by atoms with E-state index in [-0.39, 0.29) is 17.9 Å². The van der Waals surface area contributed by atoms with E-state index in [9.17, 15) is 9.59 Å². The minimum Gasteiger partial charge on any atom is -0.336 e. The van der Waals surface area contributed by atoms with E-state index in [4.69, 9.17) is 0 Å². The summed E-state index contributed by atoms with van der Waals surface area (Å²) in [7, 11) is 0. The van der Waals surface area contributed by atoms with Crippen molar-refractivity contribution in [3.63, 3.8) is 0 Å². The summed E-state index contributed by atoms with van der Waals surface area (Å²) in [4.78, 5) is 29.8. The summed E-state index contributed by atoms with van der Waals surface area (Å²) in [6.07, 6.45) is 0.521. The van der Waals surface area contributed by atoms with Crippen LogP contribution in [0.4, 0.5) is 0 Å². The second-order valence-corrected chi connectivity index (χ2v) is 6.89. The lowest BCUT2D eigenvalue weighted by Crippen LogP contribution is -2.55. The molecule has 124 valence electrons.